The molecule has 0 aliphatic carbocycles. The molecule has 122 valence electrons. The van der Waals surface area contributed by atoms with Crippen molar-refractivity contribution in [2.45, 2.75) is 32.2 Å². The first-order valence-electron chi connectivity index (χ1n) is 8.00. The van der Waals surface area contributed by atoms with Crippen LogP contribution in [-0.4, -0.2) is 44.6 Å². The summed E-state index contributed by atoms with van der Waals surface area (Å²) >= 11 is 0. The number of amides is 1. The van der Waals surface area contributed by atoms with Crippen LogP contribution in [0.25, 0.3) is 0 Å². The molecule has 1 saturated heterocycles. The van der Waals surface area contributed by atoms with Crippen LogP contribution in [0.2, 0.25) is 0 Å². The fourth-order valence-corrected chi connectivity index (χ4v) is 2.84. The monoisotopic (exact) mass is 314 g/mol. The number of carbonyl (C=O) groups is 1. The number of aryl methyl sites for hydroxylation is 2. The normalized spacial score (nSPS) is 18.0. The van der Waals surface area contributed by atoms with Gasteiger partial charge in [0, 0.05) is 44.1 Å². The summed E-state index contributed by atoms with van der Waals surface area (Å²) in [5.41, 5.74) is 1.49. The van der Waals surface area contributed by atoms with Crippen molar-refractivity contribution in [2.24, 2.45) is 7.05 Å². The van der Waals surface area contributed by atoms with E-state index in [1.54, 1.807) is 23.4 Å². The Labute approximate surface area is 135 Å². The number of nitrogens with one attached hydrogen (secondary N) is 1. The van der Waals surface area contributed by atoms with E-state index in [4.69, 9.17) is 0 Å². The van der Waals surface area contributed by atoms with E-state index in [0.29, 0.717) is 5.69 Å². The number of hydrogen-bond acceptors (Lipinski definition) is 5. The van der Waals surface area contributed by atoms with Gasteiger partial charge < -0.3 is 14.8 Å². The highest BCUT2D eigenvalue weighted by atomic mass is 16.2. The van der Waals surface area contributed by atoms with Crippen molar-refractivity contribution >= 4 is 11.7 Å². The number of imidazole rings is 1. The summed E-state index contributed by atoms with van der Waals surface area (Å²) in [6.07, 6.45) is 7.87. The van der Waals surface area contributed by atoms with E-state index in [1.807, 2.05) is 13.1 Å². The van der Waals surface area contributed by atoms with Gasteiger partial charge in [0.15, 0.2) is 0 Å². The summed E-state index contributed by atoms with van der Waals surface area (Å²) in [4.78, 5) is 27.2. The van der Waals surface area contributed by atoms with Crippen molar-refractivity contribution in [3.8, 4) is 0 Å². The van der Waals surface area contributed by atoms with E-state index in [1.165, 1.54) is 0 Å². The van der Waals surface area contributed by atoms with Crippen LogP contribution >= 0.6 is 0 Å². The molecule has 7 heteroatoms. The second-order valence-corrected chi connectivity index (χ2v) is 5.90. The summed E-state index contributed by atoms with van der Waals surface area (Å²) in [7, 11) is 1.85. The molecule has 1 N–H and O–H groups in total. The molecule has 0 spiro atoms. The highest BCUT2D eigenvalue weighted by Gasteiger charge is 2.23. The number of rotatable bonds is 4. The van der Waals surface area contributed by atoms with Crippen LogP contribution in [0, 0.1) is 0 Å². The highest BCUT2D eigenvalue weighted by Crippen LogP contribution is 2.18. The zero-order valence-corrected chi connectivity index (χ0v) is 13.6. The van der Waals surface area contributed by atoms with Gasteiger partial charge in [-0.25, -0.2) is 15.0 Å². The first-order valence-corrected chi connectivity index (χ1v) is 8.00. The Bertz CT molecular complexity index is 683. The molecule has 2 aromatic rings. The van der Waals surface area contributed by atoms with Gasteiger partial charge in [-0.15, -0.1) is 0 Å². The van der Waals surface area contributed by atoms with Crippen molar-refractivity contribution in [2.75, 3.05) is 18.0 Å². The molecule has 0 saturated carbocycles. The Morgan fingerprint density at radius 1 is 1.39 bits per heavy atom. The lowest BCUT2D eigenvalue weighted by Gasteiger charge is -2.33. The minimum Gasteiger partial charge on any atom is -0.354 e. The van der Waals surface area contributed by atoms with Gasteiger partial charge in [-0.2, -0.15) is 0 Å². The summed E-state index contributed by atoms with van der Waals surface area (Å²) in [5.74, 6) is 0.822. The molecule has 0 radical (unpaired) electrons. The minimum absolute atomic E-state index is 0.110. The fourth-order valence-electron chi connectivity index (χ4n) is 2.84. The van der Waals surface area contributed by atoms with Gasteiger partial charge in [0.05, 0.1) is 6.33 Å². The fraction of sp³-hybridized carbons (Fsp3) is 0.500. The molecule has 1 fully saturated rings. The van der Waals surface area contributed by atoms with Crippen LogP contribution in [0.3, 0.4) is 0 Å². The Kier molecular flexibility index (Phi) is 4.55. The van der Waals surface area contributed by atoms with Gasteiger partial charge in [0.2, 0.25) is 0 Å². The quantitative estimate of drug-likeness (QED) is 0.917. The molecule has 23 heavy (non-hydrogen) atoms. The molecule has 1 unspecified atom stereocenters. The van der Waals surface area contributed by atoms with Crippen molar-refractivity contribution in [3.05, 3.63) is 36.3 Å². The van der Waals surface area contributed by atoms with Gasteiger partial charge in [0.1, 0.15) is 17.8 Å². The minimum atomic E-state index is -0.116. The zero-order valence-electron chi connectivity index (χ0n) is 13.6. The van der Waals surface area contributed by atoms with Crippen molar-refractivity contribution in [1.29, 1.82) is 0 Å². The first-order chi connectivity index (χ1) is 11.2. The van der Waals surface area contributed by atoms with Crippen LogP contribution in [0.15, 0.2) is 24.9 Å². The number of carbonyl (C=O) groups excluding carboxylic acids is 1. The third-order valence-corrected chi connectivity index (χ3v) is 4.09. The predicted molar refractivity (Wildman–Crippen MR) is 87.3 cm³/mol. The Hall–Kier alpha value is -2.44. The molecule has 0 bridgehead atoms. The lowest BCUT2D eigenvalue weighted by Crippen LogP contribution is -2.48. The Morgan fingerprint density at radius 3 is 3.00 bits per heavy atom. The molecule has 3 heterocycles. The SMILES string of the molecule is CCc1cc(N2CCCC(NC(=O)c3cn(C)cn3)C2)ncn1. The molecule has 1 aliphatic rings. The average molecular weight is 314 g/mol. The van der Waals surface area contributed by atoms with E-state index >= 15 is 0 Å². The highest BCUT2D eigenvalue weighted by molar-refractivity contribution is 5.92. The van der Waals surface area contributed by atoms with Crippen LogP contribution in [0.5, 0.6) is 0 Å². The van der Waals surface area contributed by atoms with Crippen molar-refractivity contribution in [3.63, 3.8) is 0 Å². The summed E-state index contributed by atoms with van der Waals surface area (Å²) < 4.78 is 1.77. The number of aromatic nitrogens is 4. The van der Waals surface area contributed by atoms with Gasteiger partial charge >= 0.3 is 0 Å². The topological polar surface area (TPSA) is 75.9 Å². The molecule has 1 atom stereocenters. The standard InChI is InChI=1S/C16H22N6O/c1-3-12-7-15(18-10-17-12)22-6-4-5-13(8-22)20-16(23)14-9-21(2)11-19-14/h7,9-11,13H,3-6,8H2,1-2H3,(H,20,23). The predicted octanol–water partition coefficient (Wildman–Crippen LogP) is 1.17. The van der Waals surface area contributed by atoms with E-state index in [9.17, 15) is 4.79 Å². The van der Waals surface area contributed by atoms with Crippen LogP contribution in [0.4, 0.5) is 5.82 Å². The van der Waals surface area contributed by atoms with E-state index < -0.39 is 0 Å². The molecule has 1 amide bonds. The van der Waals surface area contributed by atoms with Gasteiger partial charge in [0.25, 0.3) is 5.91 Å². The maximum absolute atomic E-state index is 12.2. The largest absolute Gasteiger partial charge is 0.354 e. The van der Waals surface area contributed by atoms with Crippen LogP contribution in [0.1, 0.15) is 35.9 Å². The van der Waals surface area contributed by atoms with Gasteiger partial charge in [-0.1, -0.05) is 6.92 Å². The second kappa shape index (κ2) is 6.76. The molecular formula is C16H22N6O. The lowest BCUT2D eigenvalue weighted by molar-refractivity contribution is 0.0928. The molecule has 0 aromatic carbocycles. The summed E-state index contributed by atoms with van der Waals surface area (Å²) in [5, 5.41) is 3.08. The summed E-state index contributed by atoms with van der Waals surface area (Å²) in [6.45, 7) is 3.80. The molecular weight excluding hydrogens is 292 g/mol. The van der Waals surface area contributed by atoms with Gasteiger partial charge in [-0.05, 0) is 19.3 Å². The maximum atomic E-state index is 12.2. The number of anilines is 1. The first kappa shape index (κ1) is 15.5. The molecule has 7 nitrogen and oxygen atoms in total. The third kappa shape index (κ3) is 3.67. The average Bonchev–Trinajstić information content (AvgIpc) is 3.02. The van der Waals surface area contributed by atoms with Crippen LogP contribution in [-0.2, 0) is 13.5 Å². The molecule has 1 aliphatic heterocycles. The number of nitrogens with zero attached hydrogens (tertiary/aromatic N) is 5. The zero-order chi connectivity index (χ0) is 16.2. The summed E-state index contributed by atoms with van der Waals surface area (Å²) in [6, 6.07) is 2.14. The van der Waals surface area contributed by atoms with E-state index in [-0.39, 0.29) is 11.9 Å². The number of hydrogen-bond donors (Lipinski definition) is 1. The van der Waals surface area contributed by atoms with E-state index in [2.05, 4.69) is 32.1 Å². The molecule has 3 rings (SSSR count). The Balaban J connectivity index is 1.64. The second-order valence-electron chi connectivity index (χ2n) is 5.90. The van der Waals surface area contributed by atoms with Gasteiger partial charge in [-0.3, -0.25) is 4.79 Å². The smallest absolute Gasteiger partial charge is 0.271 e. The van der Waals surface area contributed by atoms with Crippen molar-refractivity contribution in [1.82, 2.24) is 24.8 Å². The lowest BCUT2D eigenvalue weighted by atomic mass is 10.1. The van der Waals surface area contributed by atoms with Crippen LogP contribution < -0.4 is 10.2 Å². The maximum Gasteiger partial charge on any atom is 0.271 e. The van der Waals surface area contributed by atoms with E-state index in [0.717, 1.165) is 43.9 Å². The third-order valence-electron chi connectivity index (χ3n) is 4.09. The number of piperidine rings is 1. The molecule has 2 aromatic heterocycles. The Morgan fingerprint density at radius 2 is 2.26 bits per heavy atom. The van der Waals surface area contributed by atoms with Crippen molar-refractivity contribution < 1.29 is 4.79 Å².